The standard InChI is InChI=1S/C26H21F3N2O4/c1-33-22-9-7-21(8-10-22)31-25(32)18(15-30)12-17-6-11-24(34-2)19(13-17)16-35-23-5-3-4-20(14-23)26(27,28)29/h3-14H,16H2,1-2H3,(H,31,32)/b18-12+. The fourth-order valence-corrected chi connectivity index (χ4v) is 3.11. The van der Waals surface area contributed by atoms with Crippen LogP contribution in [0.15, 0.2) is 72.3 Å². The van der Waals surface area contributed by atoms with E-state index in [0.29, 0.717) is 28.3 Å². The Kier molecular flexibility index (Phi) is 8.00. The number of anilines is 1. The average molecular weight is 482 g/mol. The quantitative estimate of drug-likeness (QED) is 0.322. The van der Waals surface area contributed by atoms with Gasteiger partial charge in [-0.05, 0) is 66.2 Å². The molecule has 35 heavy (non-hydrogen) atoms. The number of hydrogen-bond acceptors (Lipinski definition) is 5. The van der Waals surface area contributed by atoms with Crippen LogP contribution in [0.5, 0.6) is 17.2 Å². The van der Waals surface area contributed by atoms with Crippen LogP contribution in [0.25, 0.3) is 6.08 Å². The van der Waals surface area contributed by atoms with Crippen LogP contribution in [0.1, 0.15) is 16.7 Å². The van der Waals surface area contributed by atoms with E-state index in [2.05, 4.69) is 5.32 Å². The maximum absolute atomic E-state index is 12.9. The van der Waals surface area contributed by atoms with Gasteiger partial charge in [0.1, 0.15) is 35.5 Å². The summed E-state index contributed by atoms with van der Waals surface area (Å²) >= 11 is 0. The van der Waals surface area contributed by atoms with Gasteiger partial charge in [0.25, 0.3) is 5.91 Å². The molecule has 0 aliphatic carbocycles. The van der Waals surface area contributed by atoms with Gasteiger partial charge in [0.2, 0.25) is 0 Å². The first-order valence-electron chi connectivity index (χ1n) is 10.3. The van der Waals surface area contributed by atoms with Crippen molar-refractivity contribution in [3.8, 4) is 23.3 Å². The molecule has 0 aromatic heterocycles. The maximum Gasteiger partial charge on any atom is 0.416 e. The molecule has 0 radical (unpaired) electrons. The van der Waals surface area contributed by atoms with Crippen LogP contribution < -0.4 is 19.5 Å². The molecule has 3 aromatic carbocycles. The third-order valence-corrected chi connectivity index (χ3v) is 4.88. The zero-order valence-corrected chi connectivity index (χ0v) is 18.8. The van der Waals surface area contributed by atoms with Gasteiger partial charge < -0.3 is 19.5 Å². The molecule has 180 valence electrons. The van der Waals surface area contributed by atoms with Crippen molar-refractivity contribution in [2.45, 2.75) is 12.8 Å². The van der Waals surface area contributed by atoms with Crippen molar-refractivity contribution in [3.05, 3.63) is 89.0 Å². The predicted molar refractivity (Wildman–Crippen MR) is 124 cm³/mol. The summed E-state index contributed by atoms with van der Waals surface area (Å²) in [5, 5.41) is 12.1. The molecule has 0 aliphatic heterocycles. The van der Waals surface area contributed by atoms with E-state index in [1.165, 1.54) is 32.4 Å². The summed E-state index contributed by atoms with van der Waals surface area (Å²) < 4.78 is 54.8. The van der Waals surface area contributed by atoms with Crippen molar-refractivity contribution < 1.29 is 32.2 Å². The highest BCUT2D eigenvalue weighted by molar-refractivity contribution is 6.09. The summed E-state index contributed by atoms with van der Waals surface area (Å²) in [5.74, 6) is 0.502. The summed E-state index contributed by atoms with van der Waals surface area (Å²) in [4.78, 5) is 12.6. The lowest BCUT2D eigenvalue weighted by Gasteiger charge is -2.13. The van der Waals surface area contributed by atoms with Crippen molar-refractivity contribution >= 4 is 17.7 Å². The monoisotopic (exact) mass is 482 g/mol. The average Bonchev–Trinajstić information content (AvgIpc) is 2.86. The van der Waals surface area contributed by atoms with E-state index in [0.717, 1.165) is 12.1 Å². The van der Waals surface area contributed by atoms with Crippen LogP contribution in [-0.4, -0.2) is 20.1 Å². The lowest BCUT2D eigenvalue weighted by Crippen LogP contribution is -2.13. The van der Waals surface area contributed by atoms with Crippen LogP contribution in [0.3, 0.4) is 0 Å². The molecule has 6 nitrogen and oxygen atoms in total. The molecule has 0 unspecified atom stereocenters. The van der Waals surface area contributed by atoms with Crippen LogP contribution in [0.2, 0.25) is 0 Å². The van der Waals surface area contributed by atoms with Crippen molar-refractivity contribution in [1.82, 2.24) is 0 Å². The number of nitrogens with one attached hydrogen (secondary N) is 1. The van der Waals surface area contributed by atoms with Crippen molar-refractivity contribution in [3.63, 3.8) is 0 Å². The number of ether oxygens (including phenoxy) is 3. The molecule has 0 bridgehead atoms. The number of amides is 1. The van der Waals surface area contributed by atoms with Crippen LogP contribution in [-0.2, 0) is 17.6 Å². The van der Waals surface area contributed by atoms with Gasteiger partial charge in [0.05, 0.1) is 19.8 Å². The van der Waals surface area contributed by atoms with E-state index < -0.39 is 17.6 Å². The Morgan fingerprint density at radius 2 is 1.74 bits per heavy atom. The van der Waals surface area contributed by atoms with E-state index >= 15 is 0 Å². The normalized spacial score (nSPS) is 11.4. The van der Waals surface area contributed by atoms with Gasteiger partial charge >= 0.3 is 6.18 Å². The molecule has 0 aliphatic rings. The van der Waals surface area contributed by atoms with Gasteiger partial charge in [-0.1, -0.05) is 12.1 Å². The van der Waals surface area contributed by atoms with Gasteiger partial charge in [0, 0.05) is 11.3 Å². The molecular formula is C26H21F3N2O4. The Labute approximate surface area is 200 Å². The predicted octanol–water partition coefficient (Wildman–Crippen LogP) is 5.85. The van der Waals surface area contributed by atoms with Crippen molar-refractivity contribution in [2.24, 2.45) is 0 Å². The highest BCUT2D eigenvalue weighted by atomic mass is 19.4. The number of halogens is 3. The Bertz CT molecular complexity index is 1260. The first-order valence-corrected chi connectivity index (χ1v) is 10.3. The highest BCUT2D eigenvalue weighted by Crippen LogP contribution is 2.32. The zero-order valence-electron chi connectivity index (χ0n) is 18.8. The lowest BCUT2D eigenvalue weighted by atomic mass is 10.1. The molecule has 1 amide bonds. The summed E-state index contributed by atoms with van der Waals surface area (Å²) in [5.41, 5.74) is 0.555. The third-order valence-electron chi connectivity index (χ3n) is 4.88. The number of benzene rings is 3. The van der Waals surface area contributed by atoms with E-state index in [1.807, 2.05) is 6.07 Å². The van der Waals surface area contributed by atoms with Gasteiger partial charge in [-0.3, -0.25) is 4.79 Å². The fraction of sp³-hybridized carbons (Fsp3) is 0.154. The second-order valence-electron chi connectivity index (χ2n) is 7.24. The van der Waals surface area contributed by atoms with E-state index in [-0.39, 0.29) is 17.9 Å². The number of nitriles is 1. The lowest BCUT2D eigenvalue weighted by molar-refractivity contribution is -0.137. The number of hydrogen-bond donors (Lipinski definition) is 1. The minimum absolute atomic E-state index is 0.0411. The van der Waals surface area contributed by atoms with E-state index in [9.17, 15) is 23.2 Å². The van der Waals surface area contributed by atoms with Crippen LogP contribution >= 0.6 is 0 Å². The Morgan fingerprint density at radius 1 is 1.00 bits per heavy atom. The molecule has 0 fully saturated rings. The van der Waals surface area contributed by atoms with E-state index in [1.54, 1.807) is 42.5 Å². The number of alkyl halides is 3. The molecule has 1 N–H and O–H groups in total. The summed E-state index contributed by atoms with van der Waals surface area (Å²) in [6.07, 6.45) is -3.09. The first-order chi connectivity index (χ1) is 16.7. The number of carbonyl (C=O) groups excluding carboxylic acids is 1. The summed E-state index contributed by atoms with van der Waals surface area (Å²) in [6.45, 7) is -0.0912. The molecule has 0 spiro atoms. The second kappa shape index (κ2) is 11.1. The minimum Gasteiger partial charge on any atom is -0.497 e. The third kappa shape index (κ3) is 6.77. The van der Waals surface area contributed by atoms with Crippen LogP contribution in [0.4, 0.5) is 18.9 Å². The van der Waals surface area contributed by atoms with Gasteiger partial charge in [-0.15, -0.1) is 0 Å². The highest BCUT2D eigenvalue weighted by Gasteiger charge is 2.30. The molecule has 0 atom stereocenters. The smallest absolute Gasteiger partial charge is 0.416 e. The Balaban J connectivity index is 1.78. The minimum atomic E-state index is -4.48. The molecule has 3 aromatic rings. The van der Waals surface area contributed by atoms with Crippen molar-refractivity contribution in [2.75, 3.05) is 19.5 Å². The number of carbonyl (C=O) groups is 1. The number of methoxy groups -OCH3 is 2. The molecule has 3 rings (SSSR count). The first kappa shape index (κ1) is 25.2. The van der Waals surface area contributed by atoms with Crippen molar-refractivity contribution in [1.29, 1.82) is 5.26 Å². The summed E-state index contributed by atoms with van der Waals surface area (Å²) in [6, 6.07) is 17.9. The zero-order chi connectivity index (χ0) is 25.4. The largest absolute Gasteiger partial charge is 0.497 e. The Morgan fingerprint density at radius 3 is 2.37 bits per heavy atom. The molecule has 0 saturated heterocycles. The van der Waals surface area contributed by atoms with Gasteiger partial charge in [-0.25, -0.2) is 0 Å². The molecular weight excluding hydrogens is 461 g/mol. The van der Waals surface area contributed by atoms with Gasteiger partial charge in [-0.2, -0.15) is 18.4 Å². The van der Waals surface area contributed by atoms with Gasteiger partial charge in [0.15, 0.2) is 0 Å². The SMILES string of the molecule is COc1ccc(NC(=O)/C(C#N)=C/c2ccc(OC)c(COc3cccc(C(F)(F)F)c3)c2)cc1. The fourth-order valence-electron chi connectivity index (χ4n) is 3.11. The van der Waals surface area contributed by atoms with Crippen LogP contribution in [0, 0.1) is 11.3 Å². The molecule has 0 heterocycles. The Hall–Kier alpha value is -4.45. The number of nitrogens with zero attached hydrogens (tertiary/aromatic N) is 1. The number of rotatable bonds is 8. The topological polar surface area (TPSA) is 80.6 Å². The van der Waals surface area contributed by atoms with E-state index in [4.69, 9.17) is 14.2 Å². The molecule has 0 saturated carbocycles. The maximum atomic E-state index is 12.9. The molecule has 9 heteroatoms. The summed E-state index contributed by atoms with van der Waals surface area (Å²) in [7, 11) is 2.97. The second-order valence-corrected chi connectivity index (χ2v) is 7.24.